The maximum Gasteiger partial charge on any atom is 0.222 e. The molecular weight excluding hydrogens is 248 g/mol. The van der Waals surface area contributed by atoms with E-state index >= 15 is 0 Å². The summed E-state index contributed by atoms with van der Waals surface area (Å²) in [6.45, 7) is 2.71. The van der Waals surface area contributed by atoms with E-state index in [0.29, 0.717) is 13.0 Å². The Morgan fingerprint density at radius 3 is 2.55 bits per heavy atom. The molecule has 1 aliphatic rings. The molecule has 1 fully saturated rings. The molecule has 0 bridgehead atoms. The third-order valence-electron chi connectivity index (χ3n) is 4.58. The van der Waals surface area contributed by atoms with Gasteiger partial charge in [-0.25, -0.2) is 0 Å². The Morgan fingerprint density at radius 1 is 1.20 bits per heavy atom. The van der Waals surface area contributed by atoms with Crippen LogP contribution in [0.3, 0.4) is 0 Å². The minimum absolute atomic E-state index is 0.0219. The molecule has 0 radical (unpaired) electrons. The number of carbonyl (C=O) groups excluding carboxylic acids is 1. The van der Waals surface area contributed by atoms with Gasteiger partial charge < -0.3 is 10.6 Å². The third kappa shape index (κ3) is 3.83. The molecule has 0 spiro atoms. The Balaban J connectivity index is 1.87. The summed E-state index contributed by atoms with van der Waals surface area (Å²) in [6, 6.07) is 8.20. The first-order valence-corrected chi connectivity index (χ1v) is 7.65. The SMILES string of the molecule is CNC1(CC(=O)NCc2ccccc2C)CCCCC1. The molecular formula is C17H26N2O. The lowest BCUT2D eigenvalue weighted by molar-refractivity contribution is -0.123. The molecule has 0 unspecified atom stereocenters. The minimum Gasteiger partial charge on any atom is -0.352 e. The fraction of sp³-hybridized carbons (Fsp3) is 0.588. The van der Waals surface area contributed by atoms with Gasteiger partial charge >= 0.3 is 0 Å². The van der Waals surface area contributed by atoms with Crippen molar-refractivity contribution >= 4 is 5.91 Å². The summed E-state index contributed by atoms with van der Waals surface area (Å²) >= 11 is 0. The molecule has 0 saturated heterocycles. The van der Waals surface area contributed by atoms with E-state index in [2.05, 4.69) is 29.7 Å². The summed E-state index contributed by atoms with van der Waals surface area (Å²) in [4.78, 5) is 12.2. The van der Waals surface area contributed by atoms with Crippen molar-refractivity contribution in [3.05, 3.63) is 35.4 Å². The fourth-order valence-electron chi connectivity index (χ4n) is 3.12. The van der Waals surface area contributed by atoms with Crippen LogP contribution in [0, 0.1) is 6.92 Å². The highest BCUT2D eigenvalue weighted by molar-refractivity contribution is 5.77. The first-order chi connectivity index (χ1) is 9.65. The number of hydrogen-bond acceptors (Lipinski definition) is 2. The molecule has 0 aliphatic heterocycles. The van der Waals surface area contributed by atoms with E-state index in [1.807, 2.05) is 19.2 Å². The maximum absolute atomic E-state index is 12.2. The summed E-state index contributed by atoms with van der Waals surface area (Å²) in [5.41, 5.74) is 2.45. The van der Waals surface area contributed by atoms with Crippen molar-refractivity contribution in [1.29, 1.82) is 0 Å². The molecule has 110 valence electrons. The first-order valence-electron chi connectivity index (χ1n) is 7.65. The van der Waals surface area contributed by atoms with Crippen LogP contribution in [0.1, 0.15) is 49.7 Å². The van der Waals surface area contributed by atoms with Crippen LogP contribution in [0.2, 0.25) is 0 Å². The van der Waals surface area contributed by atoms with Gasteiger partial charge in [0.2, 0.25) is 5.91 Å². The summed E-state index contributed by atoms with van der Waals surface area (Å²) in [5, 5.41) is 6.46. The normalized spacial score (nSPS) is 17.7. The fourth-order valence-corrected chi connectivity index (χ4v) is 3.12. The molecule has 2 N–H and O–H groups in total. The van der Waals surface area contributed by atoms with Crippen LogP contribution in [-0.4, -0.2) is 18.5 Å². The number of amides is 1. The third-order valence-corrected chi connectivity index (χ3v) is 4.58. The largest absolute Gasteiger partial charge is 0.352 e. The quantitative estimate of drug-likeness (QED) is 0.867. The summed E-state index contributed by atoms with van der Waals surface area (Å²) in [5.74, 6) is 0.157. The highest BCUT2D eigenvalue weighted by Gasteiger charge is 2.32. The highest BCUT2D eigenvalue weighted by Crippen LogP contribution is 2.30. The Hall–Kier alpha value is -1.35. The smallest absolute Gasteiger partial charge is 0.222 e. The monoisotopic (exact) mass is 274 g/mol. The molecule has 1 saturated carbocycles. The zero-order valence-electron chi connectivity index (χ0n) is 12.7. The molecule has 0 heterocycles. The van der Waals surface area contributed by atoms with Crippen molar-refractivity contribution in [1.82, 2.24) is 10.6 Å². The van der Waals surface area contributed by atoms with Crippen molar-refractivity contribution in [3.8, 4) is 0 Å². The van der Waals surface area contributed by atoms with Gasteiger partial charge in [0, 0.05) is 18.5 Å². The van der Waals surface area contributed by atoms with Crippen LogP contribution in [0.4, 0.5) is 0 Å². The van der Waals surface area contributed by atoms with Gasteiger partial charge in [0.1, 0.15) is 0 Å². The Morgan fingerprint density at radius 2 is 1.90 bits per heavy atom. The molecule has 1 aliphatic carbocycles. The van der Waals surface area contributed by atoms with Gasteiger partial charge in [-0.2, -0.15) is 0 Å². The van der Waals surface area contributed by atoms with E-state index in [4.69, 9.17) is 0 Å². The van der Waals surface area contributed by atoms with Crippen LogP contribution in [0.5, 0.6) is 0 Å². The Labute approximate surface area is 122 Å². The molecule has 20 heavy (non-hydrogen) atoms. The zero-order valence-corrected chi connectivity index (χ0v) is 12.7. The zero-order chi connectivity index (χ0) is 14.4. The standard InChI is InChI=1S/C17H26N2O/c1-14-8-4-5-9-15(14)13-19-16(20)12-17(18-2)10-6-3-7-11-17/h4-5,8-9,18H,3,6-7,10-13H2,1-2H3,(H,19,20). The minimum atomic E-state index is 0.0219. The summed E-state index contributed by atoms with van der Waals surface area (Å²) < 4.78 is 0. The van der Waals surface area contributed by atoms with Gasteiger partial charge in [-0.1, -0.05) is 43.5 Å². The van der Waals surface area contributed by atoms with E-state index in [0.717, 1.165) is 12.8 Å². The van der Waals surface area contributed by atoms with Crippen molar-refractivity contribution < 1.29 is 4.79 Å². The molecule has 1 aromatic carbocycles. The summed E-state index contributed by atoms with van der Waals surface area (Å²) in [6.07, 6.45) is 6.57. The maximum atomic E-state index is 12.2. The van der Waals surface area contributed by atoms with Crippen molar-refractivity contribution in [2.24, 2.45) is 0 Å². The lowest BCUT2D eigenvalue weighted by atomic mass is 9.79. The lowest BCUT2D eigenvalue weighted by Crippen LogP contribution is -2.48. The number of rotatable bonds is 5. The van der Waals surface area contributed by atoms with Crippen LogP contribution < -0.4 is 10.6 Å². The van der Waals surface area contributed by atoms with Gasteiger partial charge in [-0.3, -0.25) is 4.79 Å². The number of hydrogen-bond donors (Lipinski definition) is 2. The molecule has 0 aromatic heterocycles. The van der Waals surface area contributed by atoms with Gasteiger partial charge in [-0.05, 0) is 37.9 Å². The number of aryl methyl sites for hydroxylation is 1. The van der Waals surface area contributed by atoms with Crippen LogP contribution in [0.15, 0.2) is 24.3 Å². The number of nitrogens with one attached hydrogen (secondary N) is 2. The molecule has 1 amide bonds. The predicted molar refractivity (Wildman–Crippen MR) is 82.5 cm³/mol. The molecule has 3 nitrogen and oxygen atoms in total. The second-order valence-electron chi connectivity index (χ2n) is 5.97. The average Bonchev–Trinajstić information content (AvgIpc) is 2.47. The second-order valence-corrected chi connectivity index (χ2v) is 5.97. The molecule has 0 atom stereocenters. The Kier molecular flexibility index (Phi) is 5.18. The van der Waals surface area contributed by atoms with Crippen LogP contribution in [0.25, 0.3) is 0 Å². The van der Waals surface area contributed by atoms with E-state index in [-0.39, 0.29) is 11.4 Å². The first kappa shape index (κ1) is 15.0. The van der Waals surface area contributed by atoms with Crippen molar-refractivity contribution in [2.45, 2.75) is 57.5 Å². The van der Waals surface area contributed by atoms with Crippen molar-refractivity contribution in [2.75, 3.05) is 7.05 Å². The summed E-state index contributed by atoms with van der Waals surface area (Å²) in [7, 11) is 1.99. The van der Waals surface area contributed by atoms with Gasteiger partial charge in [0.25, 0.3) is 0 Å². The van der Waals surface area contributed by atoms with E-state index in [1.165, 1.54) is 30.4 Å². The van der Waals surface area contributed by atoms with Crippen LogP contribution in [-0.2, 0) is 11.3 Å². The van der Waals surface area contributed by atoms with Crippen LogP contribution >= 0.6 is 0 Å². The van der Waals surface area contributed by atoms with Crippen molar-refractivity contribution in [3.63, 3.8) is 0 Å². The molecule has 2 rings (SSSR count). The second kappa shape index (κ2) is 6.89. The van der Waals surface area contributed by atoms with Gasteiger partial charge in [0.15, 0.2) is 0 Å². The number of carbonyl (C=O) groups is 1. The molecule has 3 heteroatoms. The van der Waals surface area contributed by atoms with E-state index < -0.39 is 0 Å². The molecule has 1 aromatic rings. The highest BCUT2D eigenvalue weighted by atomic mass is 16.1. The topological polar surface area (TPSA) is 41.1 Å². The Bertz CT molecular complexity index is 450. The number of benzene rings is 1. The predicted octanol–water partition coefficient (Wildman–Crippen LogP) is 2.92. The lowest BCUT2D eigenvalue weighted by Gasteiger charge is -2.36. The van der Waals surface area contributed by atoms with Gasteiger partial charge in [-0.15, -0.1) is 0 Å². The van der Waals surface area contributed by atoms with E-state index in [1.54, 1.807) is 0 Å². The average molecular weight is 274 g/mol. The van der Waals surface area contributed by atoms with E-state index in [9.17, 15) is 4.79 Å². The van der Waals surface area contributed by atoms with Gasteiger partial charge in [0.05, 0.1) is 0 Å².